The van der Waals surface area contributed by atoms with Crippen molar-refractivity contribution in [2.75, 3.05) is 6.61 Å². The maximum atomic E-state index is 14.3. The Morgan fingerprint density at radius 1 is 1.00 bits per heavy atom. The molecule has 0 saturated heterocycles. The summed E-state index contributed by atoms with van der Waals surface area (Å²) < 4.78 is 20.7. The standard InChI is InChI=1S/C40H58O5Si2/c1-11-38(7)26-33(39(8)28(2)22-24-40(25-23-32(41)35(39)40)29(3)36(38)45-46(9)10)44-34(42)27-43-47(37(4,5)6,30-18-14-12-15-19-30)31-20-16-13-17-21-31/h11-21,28-29,33,35-36,46H,1,22-27H2,2-10H3/t28-,29-,33-,35?,36+,38-,39+,40?/m1/s1. The van der Waals surface area contributed by atoms with E-state index in [-0.39, 0.29) is 46.9 Å². The molecule has 2 aromatic carbocycles. The van der Waals surface area contributed by atoms with E-state index in [0.29, 0.717) is 18.6 Å². The fraction of sp³-hybridized carbons (Fsp3) is 0.600. The Balaban J connectivity index is 1.55. The molecule has 0 heterocycles. The Morgan fingerprint density at radius 2 is 1.57 bits per heavy atom. The highest BCUT2D eigenvalue weighted by molar-refractivity contribution is 6.99. The van der Waals surface area contributed by atoms with Crippen LogP contribution in [0.4, 0.5) is 0 Å². The third-order valence-corrected chi connectivity index (χ3v) is 18.6. The van der Waals surface area contributed by atoms with E-state index in [1.54, 1.807) is 0 Å². The Hall–Kier alpha value is -2.33. The van der Waals surface area contributed by atoms with Crippen LogP contribution in [-0.4, -0.2) is 47.9 Å². The summed E-state index contributed by atoms with van der Waals surface area (Å²) in [4.78, 5) is 28.3. The third kappa shape index (κ3) is 5.97. The number of Topliss-reactive ketones (excluding diaryl/α,β-unsaturated/α-hetero) is 1. The Bertz CT molecular complexity index is 1400. The van der Waals surface area contributed by atoms with Crippen LogP contribution < -0.4 is 10.4 Å². The predicted octanol–water partition coefficient (Wildman–Crippen LogP) is 7.48. The van der Waals surface area contributed by atoms with Crippen molar-refractivity contribution < 1.29 is 23.2 Å². The lowest BCUT2D eigenvalue weighted by molar-refractivity contribution is -0.205. The number of hydrogen-bond acceptors (Lipinski definition) is 5. The van der Waals surface area contributed by atoms with E-state index in [2.05, 4.69) is 92.4 Å². The second-order valence-electron chi connectivity index (χ2n) is 16.7. The van der Waals surface area contributed by atoms with Crippen molar-refractivity contribution >= 4 is 39.5 Å². The van der Waals surface area contributed by atoms with Crippen LogP contribution in [0, 0.1) is 34.0 Å². The summed E-state index contributed by atoms with van der Waals surface area (Å²) in [6.07, 6.45) is 5.53. The smallest absolute Gasteiger partial charge is 0.331 e. The fourth-order valence-corrected chi connectivity index (χ4v) is 15.8. The van der Waals surface area contributed by atoms with Gasteiger partial charge < -0.3 is 13.6 Å². The van der Waals surface area contributed by atoms with Gasteiger partial charge in [-0.3, -0.25) is 4.79 Å². The Kier molecular flexibility index (Phi) is 10.1. The van der Waals surface area contributed by atoms with Crippen molar-refractivity contribution in [1.82, 2.24) is 0 Å². The van der Waals surface area contributed by atoms with Crippen LogP contribution in [0.15, 0.2) is 73.3 Å². The molecule has 47 heavy (non-hydrogen) atoms. The monoisotopic (exact) mass is 674 g/mol. The molecule has 0 aliphatic heterocycles. The predicted molar refractivity (Wildman–Crippen MR) is 196 cm³/mol. The van der Waals surface area contributed by atoms with E-state index >= 15 is 0 Å². The molecule has 0 amide bonds. The van der Waals surface area contributed by atoms with Crippen LogP contribution in [0.2, 0.25) is 18.1 Å². The molecule has 3 fully saturated rings. The van der Waals surface area contributed by atoms with Gasteiger partial charge in [0.15, 0.2) is 9.04 Å². The molecular weight excluding hydrogens is 617 g/mol. The molecule has 0 spiro atoms. The average Bonchev–Trinajstić information content (AvgIpc) is 3.39. The molecule has 7 heteroatoms. The number of carbonyl (C=O) groups excluding carboxylic acids is 2. The normalized spacial score (nSPS) is 34.3. The number of rotatable bonds is 9. The highest BCUT2D eigenvalue weighted by Gasteiger charge is 2.68. The van der Waals surface area contributed by atoms with E-state index in [1.165, 1.54) is 0 Å². The number of hydrogen-bond donors (Lipinski definition) is 0. The summed E-state index contributed by atoms with van der Waals surface area (Å²) in [5, 5.41) is 1.98. The molecule has 0 aromatic heterocycles. The lowest BCUT2D eigenvalue weighted by atomic mass is 9.44. The number of carbonyl (C=O) groups is 2. The summed E-state index contributed by atoms with van der Waals surface area (Å²) in [5.41, 5.74) is -1.10. The van der Waals surface area contributed by atoms with Crippen LogP contribution in [0.1, 0.15) is 80.6 Å². The van der Waals surface area contributed by atoms with Gasteiger partial charge in [-0.2, -0.15) is 0 Å². The van der Waals surface area contributed by atoms with Crippen molar-refractivity contribution in [3.8, 4) is 0 Å². The first kappa shape index (κ1) is 36.0. The van der Waals surface area contributed by atoms with Gasteiger partial charge in [0.25, 0.3) is 8.32 Å². The van der Waals surface area contributed by atoms with Gasteiger partial charge in [-0.25, -0.2) is 4.79 Å². The van der Waals surface area contributed by atoms with Gasteiger partial charge in [-0.1, -0.05) is 115 Å². The number of ketones is 1. The summed E-state index contributed by atoms with van der Waals surface area (Å²) in [7, 11) is -4.40. The van der Waals surface area contributed by atoms with Crippen molar-refractivity contribution in [3.05, 3.63) is 73.3 Å². The highest BCUT2D eigenvalue weighted by atomic mass is 28.4. The Labute approximate surface area is 286 Å². The molecule has 2 aromatic rings. The summed E-state index contributed by atoms with van der Waals surface area (Å²) >= 11 is 0. The van der Waals surface area contributed by atoms with E-state index in [4.69, 9.17) is 13.6 Å². The first-order chi connectivity index (χ1) is 22.1. The summed E-state index contributed by atoms with van der Waals surface area (Å²) in [6, 6.07) is 20.8. The lowest BCUT2D eigenvalue weighted by Gasteiger charge is -2.62. The van der Waals surface area contributed by atoms with Crippen LogP contribution in [-0.2, 0) is 23.2 Å². The van der Waals surface area contributed by atoms with E-state index in [0.717, 1.165) is 29.6 Å². The molecule has 0 radical (unpaired) electrons. The quantitative estimate of drug-likeness (QED) is 0.157. The second kappa shape index (κ2) is 13.2. The molecule has 3 aliphatic rings. The van der Waals surface area contributed by atoms with Crippen molar-refractivity contribution in [2.45, 2.75) is 111 Å². The van der Waals surface area contributed by atoms with Crippen LogP contribution >= 0.6 is 0 Å². The molecule has 0 N–H and O–H groups in total. The van der Waals surface area contributed by atoms with E-state index < -0.39 is 34.3 Å². The van der Waals surface area contributed by atoms with Gasteiger partial charge in [-0.15, -0.1) is 6.58 Å². The third-order valence-electron chi connectivity index (χ3n) is 12.8. The van der Waals surface area contributed by atoms with E-state index in [1.807, 2.05) is 42.5 Å². The summed E-state index contributed by atoms with van der Waals surface area (Å²) in [6.45, 7) is 24.3. The van der Waals surface area contributed by atoms with Crippen molar-refractivity contribution in [1.29, 1.82) is 0 Å². The maximum Gasteiger partial charge on any atom is 0.331 e. The molecule has 2 bridgehead atoms. The van der Waals surface area contributed by atoms with Crippen LogP contribution in [0.3, 0.4) is 0 Å². The fourth-order valence-electron chi connectivity index (χ4n) is 10.2. The number of ether oxygens (including phenoxy) is 1. The molecule has 5 nitrogen and oxygen atoms in total. The van der Waals surface area contributed by atoms with Gasteiger partial charge >= 0.3 is 5.97 Å². The highest BCUT2D eigenvalue weighted by Crippen LogP contribution is 2.68. The first-order valence-electron chi connectivity index (χ1n) is 17.8. The van der Waals surface area contributed by atoms with Crippen molar-refractivity contribution in [2.24, 2.45) is 34.0 Å². The van der Waals surface area contributed by atoms with Gasteiger partial charge in [0.05, 0.1) is 6.10 Å². The van der Waals surface area contributed by atoms with Crippen molar-refractivity contribution in [3.63, 3.8) is 0 Å². The van der Waals surface area contributed by atoms with Gasteiger partial charge in [-0.05, 0) is 71.4 Å². The maximum absolute atomic E-state index is 14.3. The Morgan fingerprint density at radius 3 is 2.09 bits per heavy atom. The zero-order valence-corrected chi connectivity index (χ0v) is 32.5. The first-order valence-corrected chi connectivity index (χ1v) is 22.5. The summed E-state index contributed by atoms with van der Waals surface area (Å²) in [5.74, 6) is 0.209. The average molecular weight is 675 g/mol. The molecule has 2 unspecified atom stereocenters. The zero-order valence-electron chi connectivity index (χ0n) is 30.3. The van der Waals surface area contributed by atoms with E-state index in [9.17, 15) is 9.59 Å². The van der Waals surface area contributed by atoms with Crippen LogP contribution in [0.25, 0.3) is 0 Å². The molecule has 5 rings (SSSR count). The lowest BCUT2D eigenvalue weighted by Crippen LogP contribution is -2.67. The minimum absolute atomic E-state index is 0.0902. The number of benzene rings is 2. The number of esters is 1. The van der Waals surface area contributed by atoms with Gasteiger partial charge in [0, 0.05) is 23.2 Å². The van der Waals surface area contributed by atoms with Crippen LogP contribution in [0.5, 0.6) is 0 Å². The van der Waals surface area contributed by atoms with Gasteiger partial charge in [0.2, 0.25) is 0 Å². The molecule has 3 saturated carbocycles. The minimum atomic E-state index is -2.95. The molecule has 3 aliphatic carbocycles. The molecule has 256 valence electrons. The zero-order chi connectivity index (χ0) is 34.4. The topological polar surface area (TPSA) is 61.8 Å². The second-order valence-corrected chi connectivity index (χ2v) is 23.4. The largest absolute Gasteiger partial charge is 0.460 e. The van der Waals surface area contributed by atoms with Gasteiger partial charge in [0.1, 0.15) is 18.5 Å². The SMILES string of the molecule is C=C[C@]1(C)C[C@@H](OC(=O)CO[Si](c2ccccc2)(c2ccccc2)C(C)(C)C)[C@@]2(C)C3C(=O)CCC3(CC[C@H]2C)[C@H](C)[C@@H]1O[SiH](C)C. The molecular formula is C40H58O5Si2. The minimum Gasteiger partial charge on any atom is -0.460 e. The molecule has 8 atom stereocenters.